The molecule has 1 unspecified atom stereocenters. The van der Waals surface area contributed by atoms with Crippen LogP contribution in [0.2, 0.25) is 0 Å². The zero-order valence-electron chi connectivity index (χ0n) is 11.1. The number of likely N-dealkylation sites (N-methyl/N-ethyl adjacent to an activating group) is 1. The topological polar surface area (TPSA) is 60.9 Å². The lowest BCUT2D eigenvalue weighted by Crippen LogP contribution is -2.51. The Labute approximate surface area is 102 Å². The van der Waals surface area contributed by atoms with Crippen molar-refractivity contribution in [1.82, 2.24) is 9.80 Å². The van der Waals surface area contributed by atoms with Crippen molar-refractivity contribution in [3.8, 4) is 0 Å². The molecule has 1 amide bonds. The first-order valence-electron chi connectivity index (χ1n) is 5.97. The van der Waals surface area contributed by atoms with E-state index in [1.165, 1.54) is 4.90 Å². The number of hydrogen-bond donors (Lipinski definition) is 1. The molecule has 1 heterocycles. The number of carbonyl (C=O) groups is 2. The predicted molar refractivity (Wildman–Crippen MR) is 64.8 cm³/mol. The molecule has 1 atom stereocenters. The van der Waals surface area contributed by atoms with Crippen LogP contribution in [-0.4, -0.2) is 59.0 Å². The Morgan fingerprint density at radius 3 is 2.47 bits per heavy atom. The first-order chi connectivity index (χ1) is 7.76. The van der Waals surface area contributed by atoms with E-state index in [1.807, 2.05) is 7.05 Å². The van der Waals surface area contributed by atoms with Crippen LogP contribution in [0.4, 0.5) is 0 Å². The van der Waals surface area contributed by atoms with Gasteiger partial charge in [0.15, 0.2) is 0 Å². The highest BCUT2D eigenvalue weighted by atomic mass is 16.4. The van der Waals surface area contributed by atoms with Crippen LogP contribution >= 0.6 is 0 Å². The summed E-state index contributed by atoms with van der Waals surface area (Å²) in [4.78, 5) is 26.6. The van der Waals surface area contributed by atoms with Gasteiger partial charge >= 0.3 is 5.97 Å². The molecular weight excluding hydrogens is 220 g/mol. The molecule has 0 radical (unpaired) electrons. The number of likely N-dealkylation sites (tertiary alicyclic amines) is 1. The van der Waals surface area contributed by atoms with Gasteiger partial charge in [-0.25, -0.2) is 4.79 Å². The fourth-order valence-corrected chi connectivity index (χ4v) is 2.03. The summed E-state index contributed by atoms with van der Waals surface area (Å²) in [5.41, 5.74) is -1.14. The third-order valence-electron chi connectivity index (χ3n) is 3.82. The van der Waals surface area contributed by atoms with E-state index in [0.29, 0.717) is 6.42 Å². The summed E-state index contributed by atoms with van der Waals surface area (Å²) in [5.74, 6) is -1.08. The fourth-order valence-electron chi connectivity index (χ4n) is 2.03. The van der Waals surface area contributed by atoms with Crippen LogP contribution in [0.5, 0.6) is 0 Å². The molecule has 1 N–H and O–H groups in total. The molecule has 17 heavy (non-hydrogen) atoms. The molecule has 0 aliphatic carbocycles. The Morgan fingerprint density at radius 1 is 1.47 bits per heavy atom. The maximum absolute atomic E-state index is 12.0. The van der Waals surface area contributed by atoms with Gasteiger partial charge in [0.2, 0.25) is 5.91 Å². The third-order valence-corrected chi connectivity index (χ3v) is 3.82. The molecule has 1 aliphatic rings. The van der Waals surface area contributed by atoms with Crippen molar-refractivity contribution in [2.24, 2.45) is 0 Å². The van der Waals surface area contributed by atoms with Gasteiger partial charge in [-0.05, 0) is 40.3 Å². The van der Waals surface area contributed by atoms with Crippen molar-refractivity contribution < 1.29 is 14.7 Å². The van der Waals surface area contributed by atoms with Crippen molar-refractivity contribution in [2.75, 3.05) is 20.6 Å². The highest BCUT2D eigenvalue weighted by molar-refractivity contribution is 5.86. The minimum atomic E-state index is -1.14. The molecule has 0 saturated carbocycles. The fraction of sp³-hybridized carbons (Fsp3) is 0.833. The van der Waals surface area contributed by atoms with E-state index in [9.17, 15) is 9.59 Å². The van der Waals surface area contributed by atoms with Gasteiger partial charge in [0.05, 0.1) is 0 Å². The summed E-state index contributed by atoms with van der Waals surface area (Å²) in [6.07, 6.45) is 2.54. The lowest BCUT2D eigenvalue weighted by molar-refractivity contribution is -0.155. The molecule has 1 aliphatic heterocycles. The van der Waals surface area contributed by atoms with Crippen molar-refractivity contribution in [3.63, 3.8) is 0 Å². The Balaban J connectivity index is 2.61. The molecule has 0 aromatic carbocycles. The first-order valence-corrected chi connectivity index (χ1v) is 5.97. The van der Waals surface area contributed by atoms with Gasteiger partial charge in [-0.3, -0.25) is 4.79 Å². The van der Waals surface area contributed by atoms with E-state index >= 15 is 0 Å². The number of hydrogen-bond acceptors (Lipinski definition) is 3. The largest absolute Gasteiger partial charge is 0.480 e. The Kier molecular flexibility index (Phi) is 4.14. The first kappa shape index (κ1) is 14.0. The van der Waals surface area contributed by atoms with Crippen molar-refractivity contribution in [2.45, 2.75) is 44.7 Å². The lowest BCUT2D eigenvalue weighted by atomic mass is 10.0. The molecule has 1 saturated heterocycles. The quantitative estimate of drug-likeness (QED) is 0.792. The van der Waals surface area contributed by atoms with E-state index in [2.05, 4.69) is 4.90 Å². The van der Waals surface area contributed by atoms with E-state index in [1.54, 1.807) is 20.9 Å². The van der Waals surface area contributed by atoms with E-state index in [-0.39, 0.29) is 11.9 Å². The molecule has 0 aromatic heterocycles. The summed E-state index contributed by atoms with van der Waals surface area (Å²) in [5, 5.41) is 9.07. The summed E-state index contributed by atoms with van der Waals surface area (Å²) in [6.45, 7) is 4.11. The van der Waals surface area contributed by atoms with Crippen LogP contribution < -0.4 is 0 Å². The number of amides is 1. The third kappa shape index (κ3) is 2.97. The second kappa shape index (κ2) is 5.04. The van der Waals surface area contributed by atoms with Crippen LogP contribution in [0.25, 0.3) is 0 Å². The number of rotatable bonds is 4. The molecule has 0 aromatic rings. The van der Waals surface area contributed by atoms with E-state index in [0.717, 1.165) is 19.4 Å². The molecule has 5 nitrogen and oxygen atoms in total. The number of nitrogens with zero attached hydrogens (tertiary/aromatic N) is 2. The van der Waals surface area contributed by atoms with Gasteiger partial charge in [-0.15, -0.1) is 0 Å². The second-order valence-electron chi connectivity index (χ2n) is 5.30. The highest BCUT2D eigenvalue weighted by Crippen LogP contribution is 2.21. The molecule has 0 spiro atoms. The number of carboxylic acid groups (broad SMARTS) is 1. The van der Waals surface area contributed by atoms with Gasteiger partial charge < -0.3 is 14.9 Å². The van der Waals surface area contributed by atoms with Crippen LogP contribution in [0, 0.1) is 0 Å². The number of carbonyl (C=O) groups excluding carboxylic acids is 1. The average Bonchev–Trinajstić information content (AvgIpc) is 2.63. The smallest absolute Gasteiger partial charge is 0.329 e. The molecule has 98 valence electrons. The van der Waals surface area contributed by atoms with Crippen molar-refractivity contribution >= 4 is 11.9 Å². The molecule has 1 fully saturated rings. The highest BCUT2D eigenvalue weighted by Gasteiger charge is 2.36. The van der Waals surface area contributed by atoms with Gasteiger partial charge in [0, 0.05) is 19.5 Å². The van der Waals surface area contributed by atoms with Crippen molar-refractivity contribution in [3.05, 3.63) is 0 Å². The maximum Gasteiger partial charge on any atom is 0.329 e. The standard InChI is InChI=1S/C12H22N2O3/c1-12(2,11(16)17)14(4)10(15)8-9-6-5-7-13(9)3/h9H,5-8H2,1-4H3,(H,16,17). The van der Waals surface area contributed by atoms with Crippen LogP contribution in [-0.2, 0) is 9.59 Å². The van der Waals surface area contributed by atoms with Crippen LogP contribution in [0.15, 0.2) is 0 Å². The zero-order chi connectivity index (χ0) is 13.2. The van der Waals surface area contributed by atoms with Gasteiger partial charge in [-0.1, -0.05) is 0 Å². The predicted octanol–water partition coefficient (Wildman–Crippen LogP) is 0.792. The molecule has 1 rings (SSSR count). The number of aliphatic carboxylic acids is 1. The SMILES string of the molecule is CN1CCCC1CC(=O)N(C)C(C)(C)C(=O)O. The van der Waals surface area contributed by atoms with Crippen molar-refractivity contribution in [1.29, 1.82) is 0 Å². The second-order valence-corrected chi connectivity index (χ2v) is 5.30. The van der Waals surface area contributed by atoms with E-state index in [4.69, 9.17) is 5.11 Å². The minimum Gasteiger partial charge on any atom is -0.480 e. The summed E-state index contributed by atoms with van der Waals surface area (Å²) in [7, 11) is 3.57. The normalized spacial score (nSPS) is 21.5. The average molecular weight is 242 g/mol. The Hall–Kier alpha value is -1.10. The van der Waals surface area contributed by atoms with Crippen LogP contribution in [0.1, 0.15) is 33.1 Å². The summed E-state index contributed by atoms with van der Waals surface area (Å²) < 4.78 is 0. The molecular formula is C12H22N2O3. The number of carboxylic acids is 1. The zero-order valence-corrected chi connectivity index (χ0v) is 11.1. The van der Waals surface area contributed by atoms with Gasteiger partial charge in [-0.2, -0.15) is 0 Å². The summed E-state index contributed by atoms with van der Waals surface area (Å²) >= 11 is 0. The Bertz CT molecular complexity index is 315. The van der Waals surface area contributed by atoms with E-state index < -0.39 is 11.5 Å². The maximum atomic E-state index is 12.0. The lowest BCUT2D eigenvalue weighted by Gasteiger charge is -2.33. The molecule has 5 heteroatoms. The monoisotopic (exact) mass is 242 g/mol. The minimum absolute atomic E-state index is 0.101. The van der Waals surface area contributed by atoms with Gasteiger partial charge in [0.25, 0.3) is 0 Å². The van der Waals surface area contributed by atoms with Crippen LogP contribution in [0.3, 0.4) is 0 Å². The van der Waals surface area contributed by atoms with Gasteiger partial charge in [0.1, 0.15) is 5.54 Å². The Morgan fingerprint density at radius 2 is 2.06 bits per heavy atom. The molecule has 0 bridgehead atoms. The summed E-state index contributed by atoms with van der Waals surface area (Å²) in [6, 6.07) is 0.259.